The van der Waals surface area contributed by atoms with Crippen LogP contribution >= 0.6 is 0 Å². The van der Waals surface area contributed by atoms with E-state index in [1.165, 1.54) is 4.90 Å². The van der Waals surface area contributed by atoms with Crippen LogP contribution < -0.4 is 10.2 Å². The van der Waals surface area contributed by atoms with Gasteiger partial charge >= 0.3 is 0 Å². The molecule has 2 rings (SSSR count). The number of carbonyl (C=O) groups excluding carboxylic acids is 1. The van der Waals surface area contributed by atoms with Crippen molar-refractivity contribution in [3.63, 3.8) is 0 Å². The smallest absolute Gasteiger partial charge is 0.259 e. The summed E-state index contributed by atoms with van der Waals surface area (Å²) < 4.78 is 0. The summed E-state index contributed by atoms with van der Waals surface area (Å²) in [6.45, 7) is 4.05. The number of amides is 1. The molecule has 1 amide bonds. The summed E-state index contributed by atoms with van der Waals surface area (Å²) in [6.07, 6.45) is 1.56. The van der Waals surface area contributed by atoms with Crippen LogP contribution in [0, 0.1) is 0 Å². The van der Waals surface area contributed by atoms with Crippen molar-refractivity contribution < 1.29 is 9.90 Å². The van der Waals surface area contributed by atoms with Crippen LogP contribution in [0.25, 0.3) is 0 Å². The van der Waals surface area contributed by atoms with Gasteiger partial charge in [0, 0.05) is 25.0 Å². The number of phenols is 1. The number of anilines is 2. The average Bonchev–Trinajstić information content (AvgIpc) is 2.47. The molecule has 5 heteroatoms. The number of pyridine rings is 1. The van der Waals surface area contributed by atoms with Crippen molar-refractivity contribution in [3.05, 3.63) is 48.2 Å². The second kappa shape index (κ2) is 6.26. The van der Waals surface area contributed by atoms with E-state index in [2.05, 4.69) is 10.3 Å². The van der Waals surface area contributed by atoms with E-state index in [1.54, 1.807) is 49.6 Å². The van der Waals surface area contributed by atoms with Gasteiger partial charge in [0.1, 0.15) is 11.6 Å². The molecule has 0 spiro atoms. The first-order valence-corrected chi connectivity index (χ1v) is 6.77. The maximum atomic E-state index is 12.4. The van der Waals surface area contributed by atoms with Crippen molar-refractivity contribution in [2.45, 2.75) is 19.9 Å². The highest BCUT2D eigenvalue weighted by Gasteiger charge is 2.14. The number of phenolic OH excluding ortho intramolecular Hbond substituents is 1. The molecular weight excluding hydrogens is 266 g/mol. The summed E-state index contributed by atoms with van der Waals surface area (Å²) in [7, 11) is 1.69. The second-order valence-electron chi connectivity index (χ2n) is 5.11. The fourth-order valence-electron chi connectivity index (χ4n) is 1.89. The topological polar surface area (TPSA) is 65.5 Å². The molecule has 0 aliphatic rings. The molecule has 0 saturated carbocycles. The number of hydrogen-bond acceptors (Lipinski definition) is 4. The predicted octanol–water partition coefficient (Wildman–Crippen LogP) is 2.88. The molecule has 0 fully saturated rings. The summed E-state index contributed by atoms with van der Waals surface area (Å²) in [4.78, 5) is 18.1. The monoisotopic (exact) mass is 285 g/mol. The minimum atomic E-state index is -0.149. The van der Waals surface area contributed by atoms with Crippen LogP contribution in [0.5, 0.6) is 5.75 Å². The van der Waals surface area contributed by atoms with Gasteiger partial charge in [-0.1, -0.05) is 0 Å². The van der Waals surface area contributed by atoms with Crippen LogP contribution in [0.3, 0.4) is 0 Å². The molecular formula is C16H19N3O2. The van der Waals surface area contributed by atoms with Gasteiger partial charge in [0.2, 0.25) is 0 Å². The number of rotatable bonds is 4. The highest BCUT2D eigenvalue weighted by atomic mass is 16.3. The van der Waals surface area contributed by atoms with E-state index in [0.29, 0.717) is 17.3 Å². The Balaban J connectivity index is 2.13. The molecule has 5 nitrogen and oxygen atoms in total. The van der Waals surface area contributed by atoms with Crippen LogP contribution in [0.4, 0.5) is 11.5 Å². The summed E-state index contributed by atoms with van der Waals surface area (Å²) in [5, 5.41) is 12.5. The number of hydrogen-bond donors (Lipinski definition) is 2. The van der Waals surface area contributed by atoms with E-state index in [9.17, 15) is 9.90 Å². The molecule has 21 heavy (non-hydrogen) atoms. The maximum absolute atomic E-state index is 12.4. The molecule has 0 unspecified atom stereocenters. The molecule has 0 bridgehead atoms. The Bertz CT molecular complexity index is 606. The third-order valence-electron chi connectivity index (χ3n) is 2.99. The Morgan fingerprint density at radius 1 is 1.19 bits per heavy atom. The van der Waals surface area contributed by atoms with Crippen LogP contribution in [0.15, 0.2) is 42.6 Å². The molecule has 1 aromatic carbocycles. The van der Waals surface area contributed by atoms with Crippen molar-refractivity contribution in [2.24, 2.45) is 0 Å². The number of carbonyl (C=O) groups is 1. The first kappa shape index (κ1) is 14.8. The number of aromatic hydroxyl groups is 1. The number of benzene rings is 1. The molecule has 1 heterocycles. The molecule has 1 aromatic heterocycles. The van der Waals surface area contributed by atoms with Gasteiger partial charge in [-0.15, -0.1) is 0 Å². The lowest BCUT2D eigenvalue weighted by Gasteiger charge is -2.17. The lowest BCUT2D eigenvalue weighted by atomic mass is 10.2. The third-order valence-corrected chi connectivity index (χ3v) is 2.99. The fourth-order valence-corrected chi connectivity index (χ4v) is 1.89. The molecule has 0 atom stereocenters. The van der Waals surface area contributed by atoms with Gasteiger partial charge in [-0.3, -0.25) is 4.79 Å². The van der Waals surface area contributed by atoms with Crippen LogP contribution in [0.2, 0.25) is 0 Å². The van der Waals surface area contributed by atoms with E-state index < -0.39 is 0 Å². The standard InChI is InChI=1S/C16H19N3O2/c1-11(2)18-15-9-4-12(10-17-15)16(21)19(3)13-5-7-14(20)8-6-13/h4-11,20H,1-3H3,(H,17,18). The van der Waals surface area contributed by atoms with Crippen molar-refractivity contribution >= 4 is 17.4 Å². The first-order chi connectivity index (χ1) is 9.97. The van der Waals surface area contributed by atoms with Crippen LogP contribution in [0.1, 0.15) is 24.2 Å². The largest absolute Gasteiger partial charge is 0.508 e. The van der Waals surface area contributed by atoms with Gasteiger partial charge in [0.15, 0.2) is 0 Å². The van der Waals surface area contributed by atoms with E-state index in [-0.39, 0.29) is 11.7 Å². The molecule has 0 aliphatic carbocycles. The predicted molar refractivity (Wildman–Crippen MR) is 83.8 cm³/mol. The Labute approximate surface area is 124 Å². The molecule has 0 aliphatic heterocycles. The SMILES string of the molecule is CC(C)Nc1ccc(C(=O)N(C)c2ccc(O)cc2)cn1. The van der Waals surface area contributed by atoms with Crippen molar-refractivity contribution in [1.82, 2.24) is 4.98 Å². The third kappa shape index (κ3) is 3.72. The molecule has 2 N–H and O–H groups in total. The number of nitrogens with zero attached hydrogens (tertiary/aromatic N) is 2. The summed E-state index contributed by atoms with van der Waals surface area (Å²) in [5.74, 6) is 0.767. The van der Waals surface area contributed by atoms with E-state index in [1.807, 2.05) is 13.8 Å². The normalized spacial score (nSPS) is 10.5. The second-order valence-corrected chi connectivity index (χ2v) is 5.11. The zero-order valence-corrected chi connectivity index (χ0v) is 12.4. The summed E-state index contributed by atoms with van der Waals surface area (Å²) in [5.41, 5.74) is 1.22. The van der Waals surface area contributed by atoms with Gasteiger partial charge in [0.25, 0.3) is 5.91 Å². The van der Waals surface area contributed by atoms with E-state index in [4.69, 9.17) is 0 Å². The van der Waals surface area contributed by atoms with E-state index >= 15 is 0 Å². The van der Waals surface area contributed by atoms with Crippen molar-refractivity contribution in [1.29, 1.82) is 0 Å². The summed E-state index contributed by atoms with van der Waals surface area (Å²) >= 11 is 0. The Hall–Kier alpha value is -2.56. The van der Waals surface area contributed by atoms with Gasteiger partial charge < -0.3 is 15.3 Å². The average molecular weight is 285 g/mol. The number of nitrogens with one attached hydrogen (secondary N) is 1. The van der Waals surface area contributed by atoms with E-state index in [0.717, 1.165) is 5.82 Å². The quantitative estimate of drug-likeness (QED) is 0.906. The molecule has 0 radical (unpaired) electrons. The highest BCUT2D eigenvalue weighted by Crippen LogP contribution is 2.19. The lowest BCUT2D eigenvalue weighted by Crippen LogP contribution is -2.26. The highest BCUT2D eigenvalue weighted by molar-refractivity contribution is 6.05. The van der Waals surface area contributed by atoms with Crippen molar-refractivity contribution in [2.75, 3.05) is 17.3 Å². The molecule has 110 valence electrons. The van der Waals surface area contributed by atoms with Gasteiger partial charge in [0.05, 0.1) is 5.56 Å². The molecule has 0 saturated heterocycles. The van der Waals surface area contributed by atoms with Gasteiger partial charge in [-0.05, 0) is 50.2 Å². The fraction of sp³-hybridized carbons (Fsp3) is 0.250. The zero-order valence-electron chi connectivity index (χ0n) is 12.4. The molecule has 2 aromatic rings. The maximum Gasteiger partial charge on any atom is 0.259 e. The Kier molecular flexibility index (Phi) is 4.42. The van der Waals surface area contributed by atoms with Crippen LogP contribution in [-0.2, 0) is 0 Å². The van der Waals surface area contributed by atoms with Gasteiger partial charge in [-0.25, -0.2) is 4.98 Å². The Morgan fingerprint density at radius 2 is 1.86 bits per heavy atom. The minimum absolute atomic E-state index is 0.149. The van der Waals surface area contributed by atoms with Crippen molar-refractivity contribution in [3.8, 4) is 5.75 Å². The Morgan fingerprint density at radius 3 is 2.38 bits per heavy atom. The number of aromatic nitrogens is 1. The summed E-state index contributed by atoms with van der Waals surface area (Å²) in [6, 6.07) is 10.3. The minimum Gasteiger partial charge on any atom is -0.508 e. The van der Waals surface area contributed by atoms with Gasteiger partial charge in [-0.2, -0.15) is 0 Å². The first-order valence-electron chi connectivity index (χ1n) is 6.77. The van der Waals surface area contributed by atoms with Crippen LogP contribution in [-0.4, -0.2) is 29.1 Å². The lowest BCUT2D eigenvalue weighted by molar-refractivity contribution is 0.0992. The zero-order chi connectivity index (χ0) is 15.4.